The first-order valence-corrected chi connectivity index (χ1v) is 11.5. The molecule has 34 heavy (non-hydrogen) atoms. The number of ether oxygens (including phenoxy) is 2. The van der Waals surface area contributed by atoms with Crippen LogP contribution in [0.25, 0.3) is 6.08 Å². The van der Waals surface area contributed by atoms with E-state index in [2.05, 4.69) is 6.07 Å². The standard InChI is InChI=1S/C28H25ClN2O3/c1-3-33-26-16-20(15-24(29)27(26)34-18-22-10-5-4-8-19(22)2)14-23(17-30)28(32)31-13-12-21-9-6-7-11-25(21)31/h4-11,14-16H,3,12-13,18H2,1-2H3. The van der Waals surface area contributed by atoms with Crippen molar-refractivity contribution in [1.82, 2.24) is 0 Å². The molecular formula is C28H25ClN2O3. The number of nitrogens with zero attached hydrogens (tertiary/aromatic N) is 2. The van der Waals surface area contributed by atoms with Gasteiger partial charge in [0.1, 0.15) is 18.2 Å². The van der Waals surface area contributed by atoms with E-state index < -0.39 is 0 Å². The van der Waals surface area contributed by atoms with E-state index >= 15 is 0 Å². The quantitative estimate of drug-likeness (QED) is 0.307. The number of carbonyl (C=O) groups excluding carboxylic acids is 1. The van der Waals surface area contributed by atoms with Crippen molar-refractivity contribution in [1.29, 1.82) is 5.26 Å². The molecule has 3 aromatic carbocycles. The number of hydrogen-bond donors (Lipinski definition) is 0. The van der Waals surface area contributed by atoms with E-state index in [1.165, 1.54) is 0 Å². The Morgan fingerprint density at radius 3 is 2.68 bits per heavy atom. The molecule has 6 heteroatoms. The molecule has 172 valence electrons. The second-order valence-electron chi connectivity index (χ2n) is 7.98. The largest absolute Gasteiger partial charge is 0.490 e. The molecule has 0 atom stereocenters. The van der Waals surface area contributed by atoms with Crippen LogP contribution in [-0.4, -0.2) is 19.1 Å². The van der Waals surface area contributed by atoms with Gasteiger partial charge in [-0.3, -0.25) is 4.79 Å². The third-order valence-electron chi connectivity index (χ3n) is 5.76. The number of rotatable bonds is 7. The highest BCUT2D eigenvalue weighted by molar-refractivity contribution is 6.32. The average Bonchev–Trinajstić information content (AvgIpc) is 3.27. The zero-order chi connectivity index (χ0) is 24.1. The normalized spacial score (nSPS) is 12.8. The number of halogens is 1. The molecule has 0 saturated carbocycles. The molecule has 1 aliphatic heterocycles. The smallest absolute Gasteiger partial charge is 0.268 e. The molecule has 0 radical (unpaired) electrons. The van der Waals surface area contributed by atoms with E-state index in [4.69, 9.17) is 21.1 Å². The Bertz CT molecular complexity index is 1290. The van der Waals surface area contributed by atoms with Crippen molar-refractivity contribution >= 4 is 29.3 Å². The number of fused-ring (bicyclic) bond motifs is 1. The monoisotopic (exact) mass is 472 g/mol. The maximum atomic E-state index is 13.1. The Kier molecular flexibility index (Phi) is 7.20. The highest BCUT2D eigenvalue weighted by atomic mass is 35.5. The van der Waals surface area contributed by atoms with Crippen LogP contribution in [0.3, 0.4) is 0 Å². The second kappa shape index (κ2) is 10.5. The second-order valence-corrected chi connectivity index (χ2v) is 8.39. The minimum Gasteiger partial charge on any atom is -0.490 e. The number of benzene rings is 3. The molecule has 5 nitrogen and oxygen atoms in total. The Morgan fingerprint density at radius 2 is 1.91 bits per heavy atom. The van der Waals surface area contributed by atoms with Crippen molar-refractivity contribution in [3.8, 4) is 17.6 Å². The summed E-state index contributed by atoms with van der Waals surface area (Å²) in [6, 6.07) is 21.2. The number of aryl methyl sites for hydroxylation is 1. The number of carbonyl (C=O) groups is 1. The summed E-state index contributed by atoms with van der Waals surface area (Å²) in [5.41, 5.74) is 4.74. The van der Waals surface area contributed by atoms with Crippen molar-refractivity contribution < 1.29 is 14.3 Å². The molecule has 3 aromatic rings. The topological polar surface area (TPSA) is 62.6 Å². The summed E-state index contributed by atoms with van der Waals surface area (Å²) >= 11 is 6.56. The molecule has 4 rings (SSSR count). The van der Waals surface area contributed by atoms with Gasteiger partial charge in [0, 0.05) is 12.2 Å². The van der Waals surface area contributed by atoms with E-state index in [0.717, 1.165) is 28.8 Å². The number of hydrogen-bond acceptors (Lipinski definition) is 4. The average molecular weight is 473 g/mol. The summed E-state index contributed by atoms with van der Waals surface area (Å²) in [7, 11) is 0. The maximum Gasteiger partial charge on any atom is 0.268 e. The number of anilines is 1. The van der Waals surface area contributed by atoms with E-state index in [9.17, 15) is 10.1 Å². The Hall–Kier alpha value is -3.75. The van der Waals surface area contributed by atoms with Crippen LogP contribution >= 0.6 is 11.6 Å². The summed E-state index contributed by atoms with van der Waals surface area (Å²) in [5, 5.41) is 10.1. The lowest BCUT2D eigenvalue weighted by atomic mass is 10.1. The number of nitriles is 1. The summed E-state index contributed by atoms with van der Waals surface area (Å²) in [6.07, 6.45) is 2.32. The molecule has 0 spiro atoms. The van der Waals surface area contributed by atoms with Gasteiger partial charge in [-0.1, -0.05) is 54.1 Å². The fourth-order valence-corrected chi connectivity index (χ4v) is 4.27. The van der Waals surface area contributed by atoms with Gasteiger partial charge in [-0.2, -0.15) is 5.26 Å². The van der Waals surface area contributed by atoms with Gasteiger partial charge in [-0.15, -0.1) is 0 Å². The summed E-state index contributed by atoms with van der Waals surface area (Å²) in [6.45, 7) is 5.21. The molecule has 1 aliphatic rings. The summed E-state index contributed by atoms with van der Waals surface area (Å²) < 4.78 is 11.8. The minimum atomic E-state index is -0.332. The lowest BCUT2D eigenvalue weighted by Gasteiger charge is -2.17. The van der Waals surface area contributed by atoms with E-state index in [1.807, 2.05) is 62.4 Å². The van der Waals surface area contributed by atoms with Crippen LogP contribution in [0, 0.1) is 18.3 Å². The van der Waals surface area contributed by atoms with Gasteiger partial charge in [-0.25, -0.2) is 0 Å². The van der Waals surface area contributed by atoms with Gasteiger partial charge >= 0.3 is 0 Å². The summed E-state index contributed by atoms with van der Waals surface area (Å²) in [4.78, 5) is 14.8. The van der Waals surface area contributed by atoms with Crippen LogP contribution in [0.1, 0.15) is 29.2 Å². The predicted molar refractivity (Wildman–Crippen MR) is 134 cm³/mol. The fraction of sp³-hybridized carbons (Fsp3) is 0.214. The van der Waals surface area contributed by atoms with E-state index in [1.54, 1.807) is 23.1 Å². The molecule has 0 fully saturated rings. The third kappa shape index (κ3) is 4.93. The molecule has 0 N–H and O–H groups in total. The van der Waals surface area contributed by atoms with Gasteiger partial charge in [0.05, 0.1) is 11.6 Å². The highest BCUT2D eigenvalue weighted by Gasteiger charge is 2.26. The fourth-order valence-electron chi connectivity index (χ4n) is 4.00. The van der Waals surface area contributed by atoms with E-state index in [0.29, 0.717) is 41.8 Å². The van der Waals surface area contributed by atoms with Crippen LogP contribution in [0.5, 0.6) is 11.5 Å². The van der Waals surface area contributed by atoms with E-state index in [-0.39, 0.29) is 11.5 Å². The minimum absolute atomic E-state index is 0.0313. The first-order chi connectivity index (χ1) is 16.5. The van der Waals surface area contributed by atoms with Crippen LogP contribution in [-0.2, 0) is 17.8 Å². The van der Waals surface area contributed by atoms with Crippen LogP contribution in [0.15, 0.2) is 66.2 Å². The molecule has 1 heterocycles. The molecule has 0 unspecified atom stereocenters. The van der Waals surface area contributed by atoms with Gasteiger partial charge in [-0.05, 0) is 66.8 Å². The van der Waals surface area contributed by atoms with Crippen LogP contribution in [0.4, 0.5) is 5.69 Å². The lowest BCUT2D eigenvalue weighted by molar-refractivity contribution is -0.114. The van der Waals surface area contributed by atoms with Gasteiger partial charge in [0.2, 0.25) is 0 Å². The number of para-hydroxylation sites is 1. The Morgan fingerprint density at radius 1 is 1.15 bits per heavy atom. The first kappa shape index (κ1) is 23.4. The van der Waals surface area contributed by atoms with Gasteiger partial charge in [0.25, 0.3) is 5.91 Å². The van der Waals surface area contributed by atoms with Gasteiger partial charge in [0.15, 0.2) is 11.5 Å². The number of amides is 1. The third-order valence-corrected chi connectivity index (χ3v) is 6.04. The molecule has 0 bridgehead atoms. The summed E-state index contributed by atoms with van der Waals surface area (Å²) in [5.74, 6) is 0.565. The Balaban J connectivity index is 1.61. The van der Waals surface area contributed by atoms with Crippen LogP contribution in [0.2, 0.25) is 5.02 Å². The highest BCUT2D eigenvalue weighted by Crippen LogP contribution is 2.38. The molecular weight excluding hydrogens is 448 g/mol. The molecule has 0 aliphatic carbocycles. The Labute approximate surface area is 204 Å². The SMILES string of the molecule is CCOc1cc(C=C(C#N)C(=O)N2CCc3ccccc32)cc(Cl)c1OCc1ccccc1C. The zero-order valence-corrected chi connectivity index (χ0v) is 19.9. The zero-order valence-electron chi connectivity index (χ0n) is 19.2. The first-order valence-electron chi connectivity index (χ1n) is 11.2. The maximum absolute atomic E-state index is 13.1. The van der Waals surface area contributed by atoms with Crippen molar-refractivity contribution in [3.05, 3.63) is 93.5 Å². The lowest BCUT2D eigenvalue weighted by Crippen LogP contribution is -2.29. The molecule has 0 aromatic heterocycles. The predicted octanol–water partition coefficient (Wildman–Crippen LogP) is 6.12. The molecule has 1 amide bonds. The van der Waals surface area contributed by atoms with Crippen LogP contribution < -0.4 is 14.4 Å². The van der Waals surface area contributed by atoms with Gasteiger partial charge < -0.3 is 14.4 Å². The van der Waals surface area contributed by atoms with Crippen molar-refractivity contribution in [3.63, 3.8) is 0 Å². The van der Waals surface area contributed by atoms with Crippen molar-refractivity contribution in [2.75, 3.05) is 18.1 Å². The van der Waals surface area contributed by atoms with Crippen molar-refractivity contribution in [2.24, 2.45) is 0 Å². The molecule has 0 saturated heterocycles. The van der Waals surface area contributed by atoms with Crippen molar-refractivity contribution in [2.45, 2.75) is 26.9 Å².